The fourth-order valence-corrected chi connectivity index (χ4v) is 2.39. The Balaban J connectivity index is 1.57. The number of furan rings is 1. The molecular formula is C18H18N2O2. The SMILES string of the molecule is N[C@H](CNC(=O)c1cc2ccccc2o1)Cc1ccccc1. The number of carbonyl (C=O) groups is 1. The maximum absolute atomic E-state index is 12.1. The van der Waals surface area contributed by atoms with Crippen molar-refractivity contribution in [3.8, 4) is 0 Å². The van der Waals surface area contributed by atoms with Crippen LogP contribution in [0.5, 0.6) is 0 Å². The first kappa shape index (κ1) is 14.4. The van der Waals surface area contributed by atoms with Gasteiger partial charge in [-0.1, -0.05) is 48.5 Å². The van der Waals surface area contributed by atoms with Gasteiger partial charge in [0.15, 0.2) is 5.76 Å². The van der Waals surface area contributed by atoms with Crippen molar-refractivity contribution in [3.63, 3.8) is 0 Å². The van der Waals surface area contributed by atoms with E-state index in [1.807, 2.05) is 54.6 Å². The summed E-state index contributed by atoms with van der Waals surface area (Å²) in [7, 11) is 0. The average Bonchev–Trinajstić information content (AvgIpc) is 2.98. The second kappa shape index (κ2) is 6.45. The van der Waals surface area contributed by atoms with Gasteiger partial charge in [-0.15, -0.1) is 0 Å². The van der Waals surface area contributed by atoms with Gasteiger partial charge < -0.3 is 15.5 Å². The van der Waals surface area contributed by atoms with E-state index in [1.165, 1.54) is 0 Å². The molecule has 1 amide bonds. The van der Waals surface area contributed by atoms with Gasteiger partial charge >= 0.3 is 0 Å². The summed E-state index contributed by atoms with van der Waals surface area (Å²) in [6.45, 7) is 0.408. The lowest BCUT2D eigenvalue weighted by Gasteiger charge is -2.12. The second-order valence-electron chi connectivity index (χ2n) is 5.31. The fourth-order valence-electron chi connectivity index (χ4n) is 2.39. The lowest BCUT2D eigenvalue weighted by molar-refractivity contribution is 0.0925. The molecule has 3 N–H and O–H groups in total. The number of fused-ring (bicyclic) bond motifs is 1. The normalized spacial score (nSPS) is 12.2. The van der Waals surface area contributed by atoms with Gasteiger partial charge in [0.25, 0.3) is 5.91 Å². The zero-order chi connectivity index (χ0) is 15.4. The topological polar surface area (TPSA) is 68.3 Å². The molecule has 2 aromatic carbocycles. The van der Waals surface area contributed by atoms with Gasteiger partial charge in [0.05, 0.1) is 0 Å². The van der Waals surface area contributed by atoms with Crippen LogP contribution in [-0.4, -0.2) is 18.5 Å². The number of hydrogen-bond donors (Lipinski definition) is 2. The number of benzene rings is 2. The number of rotatable bonds is 5. The van der Waals surface area contributed by atoms with Crippen LogP contribution in [0.2, 0.25) is 0 Å². The molecule has 22 heavy (non-hydrogen) atoms. The standard InChI is InChI=1S/C18H18N2O2/c19-15(10-13-6-2-1-3-7-13)12-20-18(21)17-11-14-8-4-5-9-16(14)22-17/h1-9,11,15H,10,12,19H2,(H,20,21)/t15-/m0/s1. The van der Waals surface area contributed by atoms with Gasteiger partial charge in [-0.05, 0) is 24.1 Å². The molecule has 0 radical (unpaired) electrons. The number of nitrogens with one attached hydrogen (secondary N) is 1. The van der Waals surface area contributed by atoms with Crippen LogP contribution in [-0.2, 0) is 6.42 Å². The average molecular weight is 294 g/mol. The van der Waals surface area contributed by atoms with Crippen molar-refractivity contribution in [1.29, 1.82) is 0 Å². The third-order valence-corrected chi connectivity index (χ3v) is 3.51. The summed E-state index contributed by atoms with van der Waals surface area (Å²) in [4.78, 5) is 12.1. The monoisotopic (exact) mass is 294 g/mol. The van der Waals surface area contributed by atoms with Crippen LogP contribution in [0.3, 0.4) is 0 Å². The number of nitrogens with two attached hydrogens (primary N) is 1. The summed E-state index contributed by atoms with van der Waals surface area (Å²) >= 11 is 0. The fraction of sp³-hybridized carbons (Fsp3) is 0.167. The van der Waals surface area contributed by atoms with E-state index in [4.69, 9.17) is 10.2 Å². The quantitative estimate of drug-likeness (QED) is 0.760. The van der Waals surface area contributed by atoms with Crippen molar-refractivity contribution >= 4 is 16.9 Å². The third-order valence-electron chi connectivity index (χ3n) is 3.51. The Morgan fingerprint density at radius 3 is 2.59 bits per heavy atom. The van der Waals surface area contributed by atoms with Crippen LogP contribution in [0.25, 0.3) is 11.0 Å². The molecule has 0 saturated heterocycles. The highest BCUT2D eigenvalue weighted by Crippen LogP contribution is 2.18. The Labute approximate surface area is 128 Å². The molecule has 4 nitrogen and oxygen atoms in total. The molecule has 0 aliphatic rings. The largest absolute Gasteiger partial charge is 0.451 e. The molecule has 0 aliphatic heterocycles. The minimum atomic E-state index is -0.236. The third kappa shape index (κ3) is 3.35. The molecule has 0 aliphatic carbocycles. The molecule has 0 spiro atoms. The summed E-state index contributed by atoms with van der Waals surface area (Å²) < 4.78 is 5.53. The van der Waals surface area contributed by atoms with Crippen LogP contribution in [0.4, 0.5) is 0 Å². The molecule has 0 unspecified atom stereocenters. The molecule has 0 fully saturated rings. The van der Waals surface area contributed by atoms with Crippen molar-refractivity contribution in [2.45, 2.75) is 12.5 Å². The Kier molecular flexibility index (Phi) is 4.21. The number of amides is 1. The number of hydrogen-bond acceptors (Lipinski definition) is 3. The van der Waals surface area contributed by atoms with E-state index < -0.39 is 0 Å². The highest BCUT2D eigenvalue weighted by atomic mass is 16.3. The summed E-state index contributed by atoms with van der Waals surface area (Å²) in [5, 5.41) is 3.74. The van der Waals surface area contributed by atoms with Crippen molar-refractivity contribution in [1.82, 2.24) is 5.32 Å². The van der Waals surface area contributed by atoms with Crippen LogP contribution >= 0.6 is 0 Å². The zero-order valence-electron chi connectivity index (χ0n) is 12.2. The van der Waals surface area contributed by atoms with Crippen molar-refractivity contribution < 1.29 is 9.21 Å². The summed E-state index contributed by atoms with van der Waals surface area (Å²) in [5.41, 5.74) is 7.93. The Bertz CT molecular complexity index is 732. The predicted molar refractivity (Wildman–Crippen MR) is 86.7 cm³/mol. The Hall–Kier alpha value is -2.59. The van der Waals surface area contributed by atoms with E-state index in [2.05, 4.69) is 5.32 Å². The van der Waals surface area contributed by atoms with Gasteiger partial charge in [-0.2, -0.15) is 0 Å². The maximum atomic E-state index is 12.1. The van der Waals surface area contributed by atoms with Crippen molar-refractivity contribution in [2.24, 2.45) is 5.73 Å². The molecule has 1 aromatic heterocycles. The van der Waals surface area contributed by atoms with Gasteiger partial charge in [0.2, 0.25) is 0 Å². The van der Waals surface area contributed by atoms with Crippen LogP contribution < -0.4 is 11.1 Å². The van der Waals surface area contributed by atoms with Gasteiger partial charge in [-0.25, -0.2) is 0 Å². The van der Waals surface area contributed by atoms with Gasteiger partial charge in [0, 0.05) is 18.0 Å². The molecule has 3 rings (SSSR count). The second-order valence-corrected chi connectivity index (χ2v) is 5.31. The van der Waals surface area contributed by atoms with Crippen molar-refractivity contribution in [3.05, 3.63) is 72.0 Å². The van der Waals surface area contributed by atoms with Crippen LogP contribution in [0.1, 0.15) is 16.1 Å². The molecule has 112 valence electrons. The van der Waals surface area contributed by atoms with Crippen molar-refractivity contribution in [2.75, 3.05) is 6.54 Å². The molecule has 0 bridgehead atoms. The lowest BCUT2D eigenvalue weighted by Crippen LogP contribution is -2.38. The maximum Gasteiger partial charge on any atom is 0.287 e. The molecule has 1 heterocycles. The molecule has 1 atom stereocenters. The highest BCUT2D eigenvalue weighted by molar-refractivity contribution is 5.96. The van der Waals surface area contributed by atoms with E-state index in [9.17, 15) is 4.79 Å². The van der Waals surface area contributed by atoms with E-state index in [0.717, 1.165) is 17.4 Å². The number of carbonyl (C=O) groups excluding carboxylic acids is 1. The first-order chi connectivity index (χ1) is 10.7. The Morgan fingerprint density at radius 2 is 1.82 bits per heavy atom. The smallest absolute Gasteiger partial charge is 0.287 e. The van der Waals surface area contributed by atoms with E-state index >= 15 is 0 Å². The molecule has 0 saturated carbocycles. The zero-order valence-corrected chi connectivity index (χ0v) is 12.2. The summed E-state index contributed by atoms with van der Waals surface area (Å²) in [6, 6.07) is 19.1. The molecule has 4 heteroatoms. The van der Waals surface area contributed by atoms with E-state index in [0.29, 0.717) is 17.9 Å². The Morgan fingerprint density at radius 1 is 1.09 bits per heavy atom. The molecular weight excluding hydrogens is 276 g/mol. The first-order valence-corrected chi connectivity index (χ1v) is 7.28. The van der Waals surface area contributed by atoms with Crippen LogP contribution in [0, 0.1) is 0 Å². The van der Waals surface area contributed by atoms with Gasteiger partial charge in [-0.3, -0.25) is 4.79 Å². The van der Waals surface area contributed by atoms with E-state index in [1.54, 1.807) is 6.07 Å². The first-order valence-electron chi connectivity index (χ1n) is 7.28. The van der Waals surface area contributed by atoms with Crippen LogP contribution in [0.15, 0.2) is 65.1 Å². The lowest BCUT2D eigenvalue weighted by atomic mass is 10.1. The predicted octanol–water partition coefficient (Wildman–Crippen LogP) is 2.73. The van der Waals surface area contributed by atoms with Gasteiger partial charge in [0.1, 0.15) is 5.58 Å². The molecule has 3 aromatic rings. The minimum Gasteiger partial charge on any atom is -0.451 e. The summed E-state index contributed by atoms with van der Waals surface area (Å²) in [6.07, 6.45) is 0.723. The van der Waals surface area contributed by atoms with E-state index in [-0.39, 0.29) is 11.9 Å². The highest BCUT2D eigenvalue weighted by Gasteiger charge is 2.13. The summed E-state index contributed by atoms with van der Waals surface area (Å²) in [5.74, 6) is 0.0767. The minimum absolute atomic E-state index is 0.129. The number of para-hydroxylation sites is 1.